The molecule has 25 heavy (non-hydrogen) atoms. The number of fused-ring (bicyclic) bond motifs is 2. The molecule has 2 bridgehead atoms. The fourth-order valence-electron chi connectivity index (χ4n) is 4.42. The summed E-state index contributed by atoms with van der Waals surface area (Å²) in [5.74, 6) is 1.15. The molecule has 2 aliphatic rings. The van der Waals surface area contributed by atoms with Crippen LogP contribution in [0, 0.1) is 17.8 Å². The lowest BCUT2D eigenvalue weighted by atomic mass is 9.65. The van der Waals surface area contributed by atoms with Crippen LogP contribution in [0.1, 0.15) is 54.9 Å². The van der Waals surface area contributed by atoms with Crippen molar-refractivity contribution < 1.29 is 9.59 Å². The summed E-state index contributed by atoms with van der Waals surface area (Å²) >= 11 is 0. The van der Waals surface area contributed by atoms with E-state index in [9.17, 15) is 9.59 Å². The first-order valence-electron chi connectivity index (χ1n) is 9.49. The van der Waals surface area contributed by atoms with Crippen LogP contribution in [-0.4, -0.2) is 24.4 Å². The van der Waals surface area contributed by atoms with Gasteiger partial charge < -0.3 is 16.4 Å². The average molecular weight is 343 g/mol. The van der Waals surface area contributed by atoms with Crippen LogP contribution in [0.4, 0.5) is 0 Å². The standard InChI is InChI=1S/C20H29N3O2/c1-2-22-19(24)16-8-3-5-13(9-16)12-23-20(25)17-10-14-6-4-7-15(11-17)18(14)21/h3,5,8-9,14-15,17-18H,2,4,6-7,10-12,21H2,1H3,(H,22,24)(H,23,25). The highest BCUT2D eigenvalue weighted by Gasteiger charge is 2.40. The molecule has 2 atom stereocenters. The molecule has 3 rings (SSSR count). The Balaban J connectivity index is 1.56. The lowest BCUT2D eigenvalue weighted by Crippen LogP contribution is -2.49. The SMILES string of the molecule is CCNC(=O)c1cccc(CNC(=O)C2CC3CCCC(C2)C3N)c1. The molecule has 0 heterocycles. The fraction of sp³-hybridized carbons (Fsp3) is 0.600. The van der Waals surface area contributed by atoms with Crippen molar-refractivity contribution in [2.24, 2.45) is 23.5 Å². The van der Waals surface area contributed by atoms with Gasteiger partial charge in [-0.2, -0.15) is 0 Å². The number of benzene rings is 1. The first kappa shape index (κ1) is 17.9. The van der Waals surface area contributed by atoms with Crippen molar-refractivity contribution in [1.82, 2.24) is 10.6 Å². The zero-order chi connectivity index (χ0) is 17.8. The molecule has 1 aromatic rings. The van der Waals surface area contributed by atoms with Gasteiger partial charge in [0.2, 0.25) is 5.91 Å². The number of amides is 2. The largest absolute Gasteiger partial charge is 0.352 e. The summed E-state index contributed by atoms with van der Waals surface area (Å²) in [5, 5.41) is 5.85. The van der Waals surface area contributed by atoms with Crippen LogP contribution in [0.2, 0.25) is 0 Å². The quantitative estimate of drug-likeness (QED) is 0.766. The Morgan fingerprint density at radius 3 is 2.56 bits per heavy atom. The third kappa shape index (κ3) is 4.21. The maximum Gasteiger partial charge on any atom is 0.251 e. The van der Waals surface area contributed by atoms with Gasteiger partial charge in [0.1, 0.15) is 0 Å². The van der Waals surface area contributed by atoms with Crippen LogP contribution in [0.3, 0.4) is 0 Å². The molecule has 2 amide bonds. The third-order valence-corrected chi connectivity index (χ3v) is 5.78. The summed E-state index contributed by atoms with van der Waals surface area (Å²) in [6.07, 6.45) is 5.42. The van der Waals surface area contributed by atoms with Crippen molar-refractivity contribution >= 4 is 11.8 Å². The lowest BCUT2D eigenvalue weighted by Gasteiger charge is -2.43. The molecule has 2 fully saturated rings. The van der Waals surface area contributed by atoms with Crippen molar-refractivity contribution in [3.8, 4) is 0 Å². The Labute approximate surface area is 149 Å². The maximum atomic E-state index is 12.6. The van der Waals surface area contributed by atoms with E-state index in [4.69, 9.17) is 5.73 Å². The topological polar surface area (TPSA) is 84.2 Å². The van der Waals surface area contributed by atoms with Crippen molar-refractivity contribution in [3.63, 3.8) is 0 Å². The van der Waals surface area contributed by atoms with Gasteiger partial charge in [-0.15, -0.1) is 0 Å². The third-order valence-electron chi connectivity index (χ3n) is 5.78. The highest BCUT2D eigenvalue weighted by molar-refractivity contribution is 5.94. The molecule has 5 heteroatoms. The van der Waals surface area contributed by atoms with Crippen LogP contribution in [0.25, 0.3) is 0 Å². The van der Waals surface area contributed by atoms with E-state index in [0.29, 0.717) is 30.5 Å². The molecule has 1 aromatic carbocycles. The molecule has 2 unspecified atom stereocenters. The number of nitrogens with one attached hydrogen (secondary N) is 2. The summed E-state index contributed by atoms with van der Waals surface area (Å²) in [7, 11) is 0. The molecule has 0 aromatic heterocycles. The number of nitrogens with two attached hydrogens (primary N) is 1. The van der Waals surface area contributed by atoms with E-state index in [-0.39, 0.29) is 23.8 Å². The molecular weight excluding hydrogens is 314 g/mol. The molecule has 5 nitrogen and oxygen atoms in total. The molecule has 2 saturated carbocycles. The predicted octanol–water partition coefficient (Wildman–Crippen LogP) is 2.21. The summed E-state index contributed by atoms with van der Waals surface area (Å²) in [6, 6.07) is 7.72. The molecule has 0 radical (unpaired) electrons. The number of rotatable bonds is 5. The second-order valence-electron chi connectivity index (χ2n) is 7.47. The van der Waals surface area contributed by atoms with Crippen LogP contribution in [0.5, 0.6) is 0 Å². The van der Waals surface area contributed by atoms with Gasteiger partial charge in [-0.1, -0.05) is 18.6 Å². The van der Waals surface area contributed by atoms with E-state index in [1.54, 1.807) is 6.07 Å². The second kappa shape index (κ2) is 8.00. The Bertz CT molecular complexity index is 617. The smallest absolute Gasteiger partial charge is 0.251 e. The average Bonchev–Trinajstić information content (AvgIpc) is 2.60. The molecule has 0 aliphatic heterocycles. The predicted molar refractivity (Wildman–Crippen MR) is 97.8 cm³/mol. The minimum absolute atomic E-state index is 0.0789. The summed E-state index contributed by atoms with van der Waals surface area (Å²) in [5.41, 5.74) is 7.89. The van der Waals surface area contributed by atoms with Gasteiger partial charge in [-0.25, -0.2) is 0 Å². The summed E-state index contributed by atoms with van der Waals surface area (Å²) in [4.78, 5) is 24.5. The summed E-state index contributed by atoms with van der Waals surface area (Å²) < 4.78 is 0. The Morgan fingerprint density at radius 1 is 1.16 bits per heavy atom. The normalized spacial score (nSPS) is 28.2. The van der Waals surface area contributed by atoms with Crippen molar-refractivity contribution in [2.75, 3.05) is 6.54 Å². The maximum absolute atomic E-state index is 12.6. The van der Waals surface area contributed by atoms with Crippen LogP contribution in [-0.2, 0) is 11.3 Å². The number of carbonyl (C=O) groups excluding carboxylic acids is 2. The molecule has 136 valence electrons. The first-order chi connectivity index (χ1) is 12.1. The first-order valence-corrected chi connectivity index (χ1v) is 9.49. The minimum atomic E-state index is -0.0789. The van der Waals surface area contributed by atoms with Gasteiger partial charge in [-0.05, 0) is 62.1 Å². The Hall–Kier alpha value is -1.88. The van der Waals surface area contributed by atoms with Gasteiger partial charge in [0.15, 0.2) is 0 Å². The van der Waals surface area contributed by atoms with Crippen molar-refractivity contribution in [3.05, 3.63) is 35.4 Å². The molecule has 0 spiro atoms. The van der Waals surface area contributed by atoms with E-state index in [1.165, 1.54) is 6.42 Å². The second-order valence-corrected chi connectivity index (χ2v) is 7.47. The zero-order valence-electron chi connectivity index (χ0n) is 15.0. The van der Waals surface area contributed by atoms with Gasteiger partial charge in [0.25, 0.3) is 5.91 Å². The van der Waals surface area contributed by atoms with E-state index in [2.05, 4.69) is 10.6 Å². The highest BCUT2D eigenvalue weighted by atomic mass is 16.2. The summed E-state index contributed by atoms with van der Waals surface area (Å²) in [6.45, 7) is 2.96. The molecule has 2 aliphatic carbocycles. The molecule has 0 saturated heterocycles. The van der Waals surface area contributed by atoms with Crippen molar-refractivity contribution in [2.45, 2.75) is 51.6 Å². The lowest BCUT2D eigenvalue weighted by molar-refractivity contribution is -0.128. The number of hydrogen-bond donors (Lipinski definition) is 3. The number of hydrogen-bond acceptors (Lipinski definition) is 3. The highest BCUT2D eigenvalue weighted by Crippen LogP contribution is 2.41. The fourth-order valence-corrected chi connectivity index (χ4v) is 4.42. The number of carbonyl (C=O) groups is 2. The zero-order valence-corrected chi connectivity index (χ0v) is 15.0. The Morgan fingerprint density at radius 2 is 1.88 bits per heavy atom. The monoisotopic (exact) mass is 343 g/mol. The van der Waals surface area contributed by atoms with Gasteiger partial charge in [0.05, 0.1) is 0 Å². The van der Waals surface area contributed by atoms with Crippen LogP contribution in [0.15, 0.2) is 24.3 Å². The van der Waals surface area contributed by atoms with E-state index in [0.717, 1.165) is 31.2 Å². The molecule has 4 N–H and O–H groups in total. The Kier molecular flexibility index (Phi) is 5.74. The van der Waals surface area contributed by atoms with Gasteiger partial charge in [0, 0.05) is 30.6 Å². The van der Waals surface area contributed by atoms with Gasteiger partial charge in [-0.3, -0.25) is 9.59 Å². The van der Waals surface area contributed by atoms with E-state index < -0.39 is 0 Å². The minimum Gasteiger partial charge on any atom is -0.352 e. The van der Waals surface area contributed by atoms with E-state index in [1.807, 2.05) is 25.1 Å². The van der Waals surface area contributed by atoms with Crippen LogP contribution < -0.4 is 16.4 Å². The van der Waals surface area contributed by atoms with E-state index >= 15 is 0 Å². The van der Waals surface area contributed by atoms with Gasteiger partial charge >= 0.3 is 0 Å². The molecular formula is C20H29N3O2. The van der Waals surface area contributed by atoms with Crippen molar-refractivity contribution in [1.29, 1.82) is 0 Å². The van der Waals surface area contributed by atoms with Crippen LogP contribution >= 0.6 is 0 Å².